The van der Waals surface area contributed by atoms with Gasteiger partial charge in [0.2, 0.25) is 0 Å². The molecule has 3 nitrogen and oxygen atoms in total. The van der Waals surface area contributed by atoms with Crippen molar-refractivity contribution in [3.05, 3.63) is 27.2 Å². The molecule has 15 heavy (non-hydrogen) atoms. The van der Waals surface area contributed by atoms with E-state index < -0.39 is 12.6 Å². The maximum Gasteiger partial charge on any atom is 0.341 e. The number of hydrogen-bond acceptors (Lipinski definition) is 2. The van der Waals surface area contributed by atoms with E-state index in [0.717, 1.165) is 0 Å². The van der Waals surface area contributed by atoms with Crippen molar-refractivity contribution in [1.29, 1.82) is 0 Å². The van der Waals surface area contributed by atoms with Gasteiger partial charge in [0.15, 0.2) is 6.61 Å². The number of rotatable bonds is 3. The normalized spacial score (nSPS) is 9.27. The molecule has 0 heterocycles. The SMILES string of the molecule is O=C(O)COc1ccc(Cl)c(Cl)c1Cl.[Zn]. The quantitative estimate of drug-likeness (QED) is 0.687. The molecule has 0 spiro atoms. The van der Waals surface area contributed by atoms with Gasteiger partial charge in [-0.05, 0) is 12.1 Å². The van der Waals surface area contributed by atoms with E-state index in [1.54, 1.807) is 0 Å². The van der Waals surface area contributed by atoms with Crippen LogP contribution in [0.2, 0.25) is 15.1 Å². The number of benzene rings is 1. The van der Waals surface area contributed by atoms with Gasteiger partial charge in [-0.1, -0.05) is 34.8 Å². The molecule has 0 unspecified atom stereocenters. The second-order valence-electron chi connectivity index (χ2n) is 2.36. The second-order valence-corrected chi connectivity index (χ2v) is 3.52. The molecule has 0 aliphatic carbocycles. The van der Waals surface area contributed by atoms with Crippen molar-refractivity contribution >= 4 is 40.8 Å². The van der Waals surface area contributed by atoms with E-state index in [-0.39, 0.29) is 35.3 Å². The maximum atomic E-state index is 10.2. The molecule has 0 aliphatic heterocycles. The Morgan fingerprint density at radius 2 is 1.87 bits per heavy atom. The summed E-state index contributed by atoms with van der Waals surface area (Å²) < 4.78 is 4.86. The molecular formula is C8H5Cl3O3Zn. The molecule has 0 saturated carbocycles. The minimum atomic E-state index is -1.09. The van der Waals surface area contributed by atoms with Crippen molar-refractivity contribution < 1.29 is 34.1 Å². The van der Waals surface area contributed by atoms with Crippen LogP contribution >= 0.6 is 34.8 Å². The minimum Gasteiger partial charge on any atom is -0.480 e. The molecule has 0 aromatic heterocycles. The van der Waals surface area contributed by atoms with Gasteiger partial charge >= 0.3 is 5.97 Å². The molecule has 0 atom stereocenters. The van der Waals surface area contributed by atoms with E-state index >= 15 is 0 Å². The largest absolute Gasteiger partial charge is 0.480 e. The summed E-state index contributed by atoms with van der Waals surface area (Å²) in [6.07, 6.45) is 0. The van der Waals surface area contributed by atoms with E-state index in [4.69, 9.17) is 44.6 Å². The Morgan fingerprint density at radius 1 is 1.27 bits per heavy atom. The Bertz CT molecular complexity index is 370. The molecule has 0 fully saturated rings. The molecule has 1 aromatic rings. The topological polar surface area (TPSA) is 46.5 Å². The number of hydrogen-bond donors (Lipinski definition) is 1. The van der Waals surface area contributed by atoms with Crippen molar-refractivity contribution in [2.75, 3.05) is 6.61 Å². The first-order chi connectivity index (χ1) is 6.52. The summed E-state index contributed by atoms with van der Waals surface area (Å²) in [4.78, 5) is 10.2. The third kappa shape index (κ3) is 4.16. The molecule has 78 valence electrons. The summed E-state index contributed by atoms with van der Waals surface area (Å²) in [6, 6.07) is 2.94. The number of ether oxygens (including phenoxy) is 1. The number of carboxylic acid groups (broad SMARTS) is 1. The van der Waals surface area contributed by atoms with E-state index in [1.165, 1.54) is 12.1 Å². The summed E-state index contributed by atoms with van der Waals surface area (Å²) in [7, 11) is 0. The van der Waals surface area contributed by atoms with Crippen LogP contribution in [0.3, 0.4) is 0 Å². The van der Waals surface area contributed by atoms with Crippen LogP contribution in [0, 0.1) is 0 Å². The fourth-order valence-electron chi connectivity index (χ4n) is 0.759. The molecule has 0 radical (unpaired) electrons. The standard InChI is InChI=1S/C8H5Cl3O3.Zn/c9-4-1-2-5(8(11)7(4)10)14-3-6(12)13;/h1-2H,3H2,(H,12,13);. The average Bonchev–Trinajstić information content (AvgIpc) is 2.13. The number of aliphatic carboxylic acids is 1. The first-order valence-corrected chi connectivity index (χ1v) is 4.64. The molecule has 0 amide bonds. The van der Waals surface area contributed by atoms with E-state index in [9.17, 15) is 4.79 Å². The van der Waals surface area contributed by atoms with Gasteiger partial charge in [0, 0.05) is 19.5 Å². The Balaban J connectivity index is 0.00000196. The maximum absolute atomic E-state index is 10.2. The summed E-state index contributed by atoms with van der Waals surface area (Å²) in [6.45, 7) is -0.475. The predicted octanol–water partition coefficient (Wildman–Crippen LogP) is 3.11. The number of halogens is 3. The van der Waals surface area contributed by atoms with E-state index in [0.29, 0.717) is 5.02 Å². The smallest absolute Gasteiger partial charge is 0.341 e. The van der Waals surface area contributed by atoms with Gasteiger partial charge in [0.1, 0.15) is 10.8 Å². The van der Waals surface area contributed by atoms with Crippen molar-refractivity contribution in [2.24, 2.45) is 0 Å². The molecule has 1 rings (SSSR count). The molecule has 0 saturated heterocycles. The van der Waals surface area contributed by atoms with Crippen molar-refractivity contribution in [1.82, 2.24) is 0 Å². The fraction of sp³-hybridized carbons (Fsp3) is 0.125. The van der Waals surface area contributed by atoms with Gasteiger partial charge in [-0.15, -0.1) is 0 Å². The van der Waals surface area contributed by atoms with Crippen LogP contribution in [0.4, 0.5) is 0 Å². The minimum absolute atomic E-state index is 0. The molecule has 1 N–H and O–H groups in total. The fourth-order valence-corrected chi connectivity index (χ4v) is 1.34. The summed E-state index contributed by atoms with van der Waals surface area (Å²) in [5.74, 6) is -0.893. The van der Waals surface area contributed by atoms with E-state index in [1.807, 2.05) is 0 Å². The molecule has 1 aromatic carbocycles. The third-order valence-corrected chi connectivity index (χ3v) is 2.63. The summed E-state index contributed by atoms with van der Waals surface area (Å²) >= 11 is 17.1. The molecule has 0 bridgehead atoms. The molecule has 7 heteroatoms. The van der Waals surface area contributed by atoms with Crippen molar-refractivity contribution in [2.45, 2.75) is 0 Å². The van der Waals surface area contributed by atoms with Crippen LogP contribution in [0.5, 0.6) is 5.75 Å². The zero-order valence-electron chi connectivity index (χ0n) is 7.47. The van der Waals surface area contributed by atoms with Crippen LogP contribution in [0.1, 0.15) is 0 Å². The van der Waals surface area contributed by atoms with Crippen LogP contribution in [-0.2, 0) is 24.3 Å². The van der Waals surface area contributed by atoms with Crippen LogP contribution in [0.25, 0.3) is 0 Å². The van der Waals surface area contributed by atoms with Crippen LogP contribution < -0.4 is 4.74 Å². The summed E-state index contributed by atoms with van der Waals surface area (Å²) in [5, 5.41) is 8.91. The monoisotopic (exact) mass is 318 g/mol. The molecular weight excluding hydrogens is 316 g/mol. The Morgan fingerprint density at radius 3 is 2.40 bits per heavy atom. The van der Waals surface area contributed by atoms with Gasteiger partial charge in [0.25, 0.3) is 0 Å². The predicted molar refractivity (Wildman–Crippen MR) is 54.6 cm³/mol. The second kappa shape index (κ2) is 6.54. The van der Waals surface area contributed by atoms with Gasteiger partial charge < -0.3 is 9.84 Å². The number of carbonyl (C=O) groups is 1. The Labute approximate surface area is 114 Å². The van der Waals surface area contributed by atoms with Crippen LogP contribution in [-0.4, -0.2) is 17.7 Å². The summed E-state index contributed by atoms with van der Waals surface area (Å²) in [5.41, 5.74) is 0. The molecule has 0 aliphatic rings. The Hall–Kier alpha value is -0.0166. The Kier molecular flexibility index (Phi) is 6.53. The van der Waals surface area contributed by atoms with Gasteiger partial charge in [-0.3, -0.25) is 0 Å². The van der Waals surface area contributed by atoms with Gasteiger partial charge in [0.05, 0.1) is 10.0 Å². The van der Waals surface area contributed by atoms with Gasteiger partial charge in [-0.25, -0.2) is 4.79 Å². The van der Waals surface area contributed by atoms with E-state index in [2.05, 4.69) is 0 Å². The zero-order valence-corrected chi connectivity index (χ0v) is 12.7. The number of carboxylic acids is 1. The van der Waals surface area contributed by atoms with Crippen LogP contribution in [0.15, 0.2) is 12.1 Å². The van der Waals surface area contributed by atoms with Gasteiger partial charge in [-0.2, -0.15) is 0 Å². The third-order valence-electron chi connectivity index (χ3n) is 1.35. The first kappa shape index (κ1) is 15.0. The first-order valence-electron chi connectivity index (χ1n) is 3.50. The zero-order chi connectivity index (χ0) is 10.7. The van der Waals surface area contributed by atoms with Crippen molar-refractivity contribution in [3.8, 4) is 5.75 Å². The van der Waals surface area contributed by atoms with Crippen molar-refractivity contribution in [3.63, 3.8) is 0 Å². The average molecular weight is 321 g/mol.